The van der Waals surface area contributed by atoms with Crippen LogP contribution in [-0.4, -0.2) is 31.4 Å². The summed E-state index contributed by atoms with van der Waals surface area (Å²) in [6.07, 6.45) is 2.46. The number of pyridine rings is 1. The number of thioether (sulfide) groups is 1. The zero-order valence-corrected chi connectivity index (χ0v) is 16.8. The SMILES string of the molecule is CCCn1c(SCC(=O)Nc2ccc(Cl)cn2)nnc1-c1csc(C)c1. The van der Waals surface area contributed by atoms with Crippen molar-refractivity contribution in [2.24, 2.45) is 0 Å². The lowest BCUT2D eigenvalue weighted by molar-refractivity contribution is -0.113. The summed E-state index contributed by atoms with van der Waals surface area (Å²) in [6.45, 7) is 4.98. The molecule has 0 aromatic carbocycles. The molecule has 0 bridgehead atoms. The van der Waals surface area contributed by atoms with E-state index in [1.165, 1.54) is 22.8 Å². The molecule has 9 heteroatoms. The zero-order chi connectivity index (χ0) is 18.5. The number of aryl methyl sites for hydroxylation is 1. The second-order valence-electron chi connectivity index (χ2n) is 5.60. The van der Waals surface area contributed by atoms with E-state index >= 15 is 0 Å². The molecule has 0 unspecified atom stereocenters. The summed E-state index contributed by atoms with van der Waals surface area (Å²) in [7, 11) is 0. The average molecular weight is 408 g/mol. The van der Waals surface area contributed by atoms with Crippen molar-refractivity contribution in [3.63, 3.8) is 0 Å². The van der Waals surface area contributed by atoms with Gasteiger partial charge in [0.15, 0.2) is 11.0 Å². The van der Waals surface area contributed by atoms with Gasteiger partial charge in [0, 0.05) is 28.6 Å². The third kappa shape index (κ3) is 4.63. The normalized spacial score (nSPS) is 10.9. The lowest BCUT2D eigenvalue weighted by atomic mass is 10.3. The van der Waals surface area contributed by atoms with Gasteiger partial charge in [-0.3, -0.25) is 4.79 Å². The molecule has 0 radical (unpaired) electrons. The fourth-order valence-corrected chi connectivity index (χ4v) is 3.91. The van der Waals surface area contributed by atoms with Crippen LogP contribution in [0.5, 0.6) is 0 Å². The zero-order valence-electron chi connectivity index (χ0n) is 14.4. The van der Waals surface area contributed by atoms with Crippen molar-refractivity contribution in [3.8, 4) is 11.4 Å². The minimum Gasteiger partial charge on any atom is -0.310 e. The maximum Gasteiger partial charge on any atom is 0.236 e. The molecule has 26 heavy (non-hydrogen) atoms. The molecular weight excluding hydrogens is 390 g/mol. The van der Waals surface area contributed by atoms with E-state index in [1.54, 1.807) is 23.5 Å². The molecule has 0 spiro atoms. The number of rotatable bonds is 7. The topological polar surface area (TPSA) is 72.7 Å². The number of nitrogens with zero attached hydrogens (tertiary/aromatic N) is 4. The second kappa shape index (κ2) is 8.66. The molecule has 3 aromatic heterocycles. The Morgan fingerprint density at radius 1 is 1.38 bits per heavy atom. The van der Waals surface area contributed by atoms with E-state index in [-0.39, 0.29) is 11.7 Å². The number of carbonyl (C=O) groups excluding carboxylic acids is 1. The van der Waals surface area contributed by atoms with E-state index in [0.29, 0.717) is 10.8 Å². The monoisotopic (exact) mass is 407 g/mol. The Bertz CT molecular complexity index is 891. The van der Waals surface area contributed by atoms with Crippen molar-refractivity contribution >= 4 is 46.4 Å². The van der Waals surface area contributed by atoms with Crippen LogP contribution in [0.2, 0.25) is 5.02 Å². The van der Waals surface area contributed by atoms with Gasteiger partial charge in [0.2, 0.25) is 5.91 Å². The first-order chi connectivity index (χ1) is 12.6. The van der Waals surface area contributed by atoms with Gasteiger partial charge in [0.1, 0.15) is 5.82 Å². The number of anilines is 1. The van der Waals surface area contributed by atoms with Crippen molar-refractivity contribution in [3.05, 3.63) is 39.7 Å². The lowest BCUT2D eigenvalue weighted by Gasteiger charge is -2.08. The predicted octanol–water partition coefficient (Wildman–Crippen LogP) is 4.50. The van der Waals surface area contributed by atoms with E-state index in [1.807, 2.05) is 0 Å². The molecule has 0 aliphatic heterocycles. The van der Waals surface area contributed by atoms with E-state index < -0.39 is 0 Å². The molecule has 0 fully saturated rings. The molecule has 3 rings (SSSR count). The Morgan fingerprint density at radius 3 is 2.88 bits per heavy atom. The van der Waals surface area contributed by atoms with Crippen LogP contribution in [0.4, 0.5) is 5.82 Å². The highest BCUT2D eigenvalue weighted by Crippen LogP contribution is 2.27. The van der Waals surface area contributed by atoms with Gasteiger partial charge < -0.3 is 9.88 Å². The van der Waals surface area contributed by atoms with Crippen LogP contribution in [0.25, 0.3) is 11.4 Å². The standard InChI is InChI=1S/C17H18ClN5OS2/c1-3-6-23-16(12-7-11(2)25-9-12)21-22-17(23)26-10-15(24)20-14-5-4-13(18)8-19-14/h4-5,7-9H,3,6,10H2,1-2H3,(H,19,20,24). The number of amides is 1. The van der Waals surface area contributed by atoms with Gasteiger partial charge in [-0.2, -0.15) is 0 Å². The molecule has 0 aliphatic rings. The summed E-state index contributed by atoms with van der Waals surface area (Å²) in [5.74, 6) is 1.40. The van der Waals surface area contributed by atoms with E-state index in [9.17, 15) is 4.79 Å². The smallest absolute Gasteiger partial charge is 0.236 e. The minimum atomic E-state index is -0.149. The largest absolute Gasteiger partial charge is 0.310 e. The van der Waals surface area contributed by atoms with Gasteiger partial charge in [0.25, 0.3) is 0 Å². The Kier molecular flexibility index (Phi) is 6.29. The van der Waals surface area contributed by atoms with Crippen molar-refractivity contribution in [2.45, 2.75) is 32.0 Å². The van der Waals surface area contributed by atoms with Gasteiger partial charge in [0.05, 0.1) is 10.8 Å². The number of thiophene rings is 1. The summed E-state index contributed by atoms with van der Waals surface area (Å²) < 4.78 is 2.07. The van der Waals surface area contributed by atoms with Crippen LogP contribution in [0.3, 0.4) is 0 Å². The number of hydrogen-bond donors (Lipinski definition) is 1. The van der Waals surface area contributed by atoms with E-state index in [2.05, 4.69) is 50.4 Å². The predicted molar refractivity (Wildman–Crippen MR) is 107 cm³/mol. The molecule has 1 N–H and O–H groups in total. The summed E-state index contributed by atoms with van der Waals surface area (Å²) in [4.78, 5) is 17.5. The Morgan fingerprint density at radius 2 is 2.23 bits per heavy atom. The molecule has 3 aromatic rings. The van der Waals surface area contributed by atoms with Gasteiger partial charge in [-0.25, -0.2) is 4.98 Å². The molecule has 6 nitrogen and oxygen atoms in total. The highest BCUT2D eigenvalue weighted by Gasteiger charge is 2.16. The molecule has 0 atom stereocenters. The van der Waals surface area contributed by atoms with Crippen LogP contribution in [0.15, 0.2) is 34.9 Å². The first kappa shape index (κ1) is 18.9. The first-order valence-electron chi connectivity index (χ1n) is 8.09. The van der Waals surface area contributed by atoms with Gasteiger partial charge in [-0.15, -0.1) is 21.5 Å². The average Bonchev–Trinajstić information content (AvgIpc) is 3.22. The second-order valence-corrected chi connectivity index (χ2v) is 8.10. The van der Waals surface area contributed by atoms with E-state index in [4.69, 9.17) is 11.6 Å². The highest BCUT2D eigenvalue weighted by atomic mass is 35.5. The maximum absolute atomic E-state index is 12.2. The third-order valence-electron chi connectivity index (χ3n) is 3.48. The van der Waals surface area contributed by atoms with Crippen molar-refractivity contribution in [1.29, 1.82) is 0 Å². The number of hydrogen-bond acceptors (Lipinski definition) is 6. The first-order valence-corrected chi connectivity index (χ1v) is 10.3. The number of nitrogens with one attached hydrogen (secondary N) is 1. The summed E-state index contributed by atoms with van der Waals surface area (Å²) >= 11 is 8.85. The van der Waals surface area contributed by atoms with Gasteiger partial charge in [-0.05, 0) is 31.5 Å². The molecule has 136 valence electrons. The Hall–Kier alpha value is -1.90. The van der Waals surface area contributed by atoms with Crippen LogP contribution in [0.1, 0.15) is 18.2 Å². The molecule has 3 heterocycles. The molecular formula is C17H18ClN5OS2. The third-order valence-corrected chi connectivity index (χ3v) is 5.53. The fraction of sp³-hybridized carbons (Fsp3) is 0.294. The summed E-state index contributed by atoms with van der Waals surface area (Å²) in [5, 5.41) is 14.7. The van der Waals surface area contributed by atoms with Crippen LogP contribution >= 0.6 is 34.7 Å². The molecule has 0 saturated carbocycles. The van der Waals surface area contributed by atoms with Crippen molar-refractivity contribution < 1.29 is 4.79 Å². The number of halogens is 1. The van der Waals surface area contributed by atoms with Gasteiger partial charge >= 0.3 is 0 Å². The number of carbonyl (C=O) groups is 1. The lowest BCUT2D eigenvalue weighted by Crippen LogP contribution is -2.15. The highest BCUT2D eigenvalue weighted by molar-refractivity contribution is 7.99. The number of aromatic nitrogens is 4. The van der Waals surface area contributed by atoms with Crippen molar-refractivity contribution in [2.75, 3.05) is 11.1 Å². The van der Waals surface area contributed by atoms with Gasteiger partial charge in [-0.1, -0.05) is 30.3 Å². The summed E-state index contributed by atoms with van der Waals surface area (Å²) in [5.41, 5.74) is 1.06. The summed E-state index contributed by atoms with van der Waals surface area (Å²) in [6, 6.07) is 5.46. The molecule has 1 amide bonds. The van der Waals surface area contributed by atoms with Crippen LogP contribution in [0, 0.1) is 6.92 Å². The maximum atomic E-state index is 12.2. The van der Waals surface area contributed by atoms with Crippen LogP contribution in [-0.2, 0) is 11.3 Å². The molecule has 0 saturated heterocycles. The quantitative estimate of drug-likeness (QED) is 0.583. The van der Waals surface area contributed by atoms with E-state index in [0.717, 1.165) is 29.5 Å². The van der Waals surface area contributed by atoms with Crippen LogP contribution < -0.4 is 5.32 Å². The Balaban J connectivity index is 1.68. The fourth-order valence-electron chi connectivity index (χ4n) is 2.35. The Labute approximate surface area is 165 Å². The van der Waals surface area contributed by atoms with Crippen molar-refractivity contribution in [1.82, 2.24) is 19.7 Å². The minimum absolute atomic E-state index is 0.149. The molecule has 0 aliphatic carbocycles.